The maximum atomic E-state index is 12.2. The van der Waals surface area contributed by atoms with Crippen molar-refractivity contribution in [2.24, 2.45) is 5.92 Å². The third-order valence-corrected chi connectivity index (χ3v) is 5.04. The van der Waals surface area contributed by atoms with E-state index < -0.39 is 6.04 Å². The van der Waals surface area contributed by atoms with Crippen LogP contribution in [0.3, 0.4) is 0 Å². The zero-order valence-corrected chi connectivity index (χ0v) is 12.4. The lowest BCUT2D eigenvalue weighted by molar-refractivity contribution is -0.497. The normalized spacial score (nSPS) is 31.1. The molecule has 0 aromatic rings. The highest BCUT2D eigenvalue weighted by molar-refractivity contribution is 5.82. The summed E-state index contributed by atoms with van der Waals surface area (Å²) in [6.07, 6.45) is 9.05. The van der Waals surface area contributed by atoms with Gasteiger partial charge in [0.25, 0.3) is 0 Å². The Balaban J connectivity index is 1.40. The molecule has 1 heterocycles. The van der Waals surface area contributed by atoms with Gasteiger partial charge in [0.1, 0.15) is 5.92 Å². The van der Waals surface area contributed by atoms with Crippen molar-refractivity contribution in [3.05, 3.63) is 10.1 Å². The molecule has 2 aliphatic carbocycles. The number of ether oxygens (including phenoxy) is 1. The number of rotatable bonds is 4. The second-order valence-corrected chi connectivity index (χ2v) is 6.62. The molecular formula is C15H24N2O4. The highest BCUT2D eigenvalue weighted by atomic mass is 16.6. The second-order valence-electron chi connectivity index (χ2n) is 6.62. The second kappa shape index (κ2) is 6.30. The van der Waals surface area contributed by atoms with Gasteiger partial charge in [-0.1, -0.05) is 19.3 Å². The van der Waals surface area contributed by atoms with Gasteiger partial charge in [0.05, 0.1) is 12.2 Å². The van der Waals surface area contributed by atoms with Crippen LogP contribution in [0.1, 0.15) is 51.4 Å². The van der Waals surface area contributed by atoms with Gasteiger partial charge >= 0.3 is 0 Å². The quantitative estimate of drug-likeness (QED) is 0.587. The highest BCUT2D eigenvalue weighted by Gasteiger charge is 2.54. The molecule has 0 aromatic heterocycles. The van der Waals surface area contributed by atoms with E-state index in [4.69, 9.17) is 4.74 Å². The molecule has 0 aromatic carbocycles. The largest absolute Gasteiger partial charge is 0.375 e. The van der Waals surface area contributed by atoms with Crippen molar-refractivity contribution in [3.63, 3.8) is 0 Å². The molecule has 3 aliphatic rings. The maximum Gasteiger partial charge on any atom is 0.232 e. The van der Waals surface area contributed by atoms with Crippen LogP contribution in [0.25, 0.3) is 0 Å². The molecule has 2 atom stereocenters. The average molecular weight is 296 g/mol. The Morgan fingerprint density at radius 1 is 1.05 bits per heavy atom. The first-order valence-electron chi connectivity index (χ1n) is 8.23. The summed E-state index contributed by atoms with van der Waals surface area (Å²) in [5.41, 5.74) is 0. The fraction of sp³-hybridized carbons (Fsp3) is 0.933. The molecule has 1 aliphatic heterocycles. The van der Waals surface area contributed by atoms with E-state index in [0.29, 0.717) is 25.6 Å². The topological polar surface area (TPSA) is 72.7 Å². The third-order valence-electron chi connectivity index (χ3n) is 5.04. The summed E-state index contributed by atoms with van der Waals surface area (Å²) in [5.74, 6) is -0.386. The summed E-state index contributed by atoms with van der Waals surface area (Å²) in [5, 5.41) is 10.6. The lowest BCUT2D eigenvalue weighted by atomic mass is 9.97. The van der Waals surface area contributed by atoms with Gasteiger partial charge in [-0.05, 0) is 25.7 Å². The van der Waals surface area contributed by atoms with Gasteiger partial charge in [-0.25, -0.2) is 0 Å². The van der Waals surface area contributed by atoms with Gasteiger partial charge in [0.15, 0.2) is 0 Å². The molecule has 0 spiro atoms. The molecule has 1 amide bonds. The molecule has 0 unspecified atom stereocenters. The minimum Gasteiger partial charge on any atom is -0.375 e. The SMILES string of the molecule is O=C([C@H]1C[C@@H]1[N+](=O)[O-])N1CCC(OC2CCCCC2)CC1. The minimum atomic E-state index is -0.631. The van der Waals surface area contributed by atoms with E-state index >= 15 is 0 Å². The third kappa shape index (κ3) is 3.54. The van der Waals surface area contributed by atoms with Gasteiger partial charge in [-0.15, -0.1) is 0 Å². The van der Waals surface area contributed by atoms with Gasteiger partial charge in [0, 0.05) is 24.4 Å². The molecule has 3 rings (SSSR count). The van der Waals surface area contributed by atoms with Crippen LogP contribution in [0.4, 0.5) is 0 Å². The van der Waals surface area contributed by atoms with Crippen molar-refractivity contribution in [1.29, 1.82) is 0 Å². The molecule has 6 nitrogen and oxygen atoms in total. The fourth-order valence-corrected chi connectivity index (χ4v) is 3.60. The summed E-state index contributed by atoms with van der Waals surface area (Å²) < 4.78 is 6.15. The molecule has 2 saturated carbocycles. The summed E-state index contributed by atoms with van der Waals surface area (Å²) in [6, 6.07) is -0.631. The number of amides is 1. The maximum absolute atomic E-state index is 12.2. The minimum absolute atomic E-state index is 0.0205. The monoisotopic (exact) mass is 296 g/mol. The first kappa shape index (κ1) is 14.8. The van der Waals surface area contributed by atoms with Crippen molar-refractivity contribution >= 4 is 5.91 Å². The van der Waals surface area contributed by atoms with Crippen molar-refractivity contribution in [2.45, 2.75) is 69.6 Å². The molecule has 21 heavy (non-hydrogen) atoms. The zero-order chi connectivity index (χ0) is 14.8. The van der Waals surface area contributed by atoms with E-state index in [-0.39, 0.29) is 22.9 Å². The Morgan fingerprint density at radius 3 is 2.24 bits per heavy atom. The van der Waals surface area contributed by atoms with Gasteiger partial charge < -0.3 is 9.64 Å². The van der Waals surface area contributed by atoms with Crippen LogP contribution in [0.2, 0.25) is 0 Å². The molecule has 1 saturated heterocycles. The number of nitrogens with zero attached hydrogens (tertiary/aromatic N) is 2. The highest BCUT2D eigenvalue weighted by Crippen LogP contribution is 2.35. The summed E-state index contributed by atoms with van der Waals surface area (Å²) in [7, 11) is 0. The van der Waals surface area contributed by atoms with Crippen molar-refractivity contribution in [1.82, 2.24) is 4.90 Å². The molecule has 118 valence electrons. The number of hydrogen-bond acceptors (Lipinski definition) is 4. The molecule has 6 heteroatoms. The van der Waals surface area contributed by atoms with Crippen molar-refractivity contribution in [3.8, 4) is 0 Å². The standard InChI is InChI=1S/C15H24N2O4/c18-15(13-10-14(13)17(19)20)16-8-6-12(7-9-16)21-11-4-2-1-3-5-11/h11-14H,1-10H2/t13-,14-/m0/s1. The number of carbonyl (C=O) groups excluding carboxylic acids is 1. The van der Waals surface area contributed by atoms with Gasteiger partial charge in [0.2, 0.25) is 11.9 Å². The molecule has 0 bridgehead atoms. The summed E-state index contributed by atoms with van der Waals surface area (Å²) >= 11 is 0. The first-order chi connectivity index (χ1) is 10.1. The van der Waals surface area contributed by atoms with Crippen LogP contribution in [0, 0.1) is 16.0 Å². The molecular weight excluding hydrogens is 272 g/mol. The Bertz CT molecular complexity index is 400. The number of likely N-dealkylation sites (tertiary alicyclic amines) is 1. The predicted molar refractivity (Wildman–Crippen MR) is 76.4 cm³/mol. The molecule has 0 N–H and O–H groups in total. The molecule has 0 radical (unpaired) electrons. The average Bonchev–Trinajstić information content (AvgIpc) is 3.29. The van der Waals surface area contributed by atoms with Crippen molar-refractivity contribution in [2.75, 3.05) is 13.1 Å². The number of hydrogen-bond donors (Lipinski definition) is 0. The molecule has 3 fully saturated rings. The van der Waals surface area contributed by atoms with Crippen LogP contribution in [0.15, 0.2) is 0 Å². The van der Waals surface area contributed by atoms with Crippen molar-refractivity contribution < 1.29 is 14.5 Å². The number of piperidine rings is 1. The van der Waals surface area contributed by atoms with E-state index in [2.05, 4.69) is 0 Å². The van der Waals surface area contributed by atoms with Crippen LogP contribution >= 0.6 is 0 Å². The van der Waals surface area contributed by atoms with E-state index in [0.717, 1.165) is 12.8 Å². The van der Waals surface area contributed by atoms with Crippen LogP contribution in [-0.2, 0) is 9.53 Å². The number of nitro groups is 1. The van der Waals surface area contributed by atoms with E-state index in [9.17, 15) is 14.9 Å². The van der Waals surface area contributed by atoms with E-state index in [1.165, 1.54) is 32.1 Å². The van der Waals surface area contributed by atoms with E-state index in [1.54, 1.807) is 4.90 Å². The van der Waals surface area contributed by atoms with E-state index in [1.807, 2.05) is 0 Å². The first-order valence-corrected chi connectivity index (χ1v) is 8.23. The lowest BCUT2D eigenvalue weighted by Gasteiger charge is -2.35. The Morgan fingerprint density at radius 2 is 1.67 bits per heavy atom. The Kier molecular flexibility index (Phi) is 4.42. The summed E-state index contributed by atoms with van der Waals surface area (Å²) in [6.45, 7) is 1.38. The fourth-order valence-electron chi connectivity index (χ4n) is 3.60. The Hall–Kier alpha value is -1.17. The van der Waals surface area contributed by atoms with Gasteiger partial charge in [-0.3, -0.25) is 14.9 Å². The number of carbonyl (C=O) groups is 1. The van der Waals surface area contributed by atoms with Gasteiger partial charge in [-0.2, -0.15) is 0 Å². The van der Waals surface area contributed by atoms with Crippen LogP contribution in [-0.4, -0.2) is 47.1 Å². The zero-order valence-electron chi connectivity index (χ0n) is 12.4. The predicted octanol–water partition coefficient (Wildman–Crippen LogP) is 1.99. The summed E-state index contributed by atoms with van der Waals surface area (Å²) in [4.78, 5) is 24.3. The van der Waals surface area contributed by atoms with Crippen LogP contribution in [0.5, 0.6) is 0 Å². The lowest BCUT2D eigenvalue weighted by Crippen LogP contribution is -2.43. The Labute approximate surface area is 125 Å². The van der Waals surface area contributed by atoms with Crippen LogP contribution < -0.4 is 0 Å². The smallest absolute Gasteiger partial charge is 0.232 e.